The van der Waals surface area contributed by atoms with E-state index in [1.165, 1.54) is 0 Å². The van der Waals surface area contributed by atoms with Gasteiger partial charge in [-0.1, -0.05) is 29.4 Å². The lowest BCUT2D eigenvalue weighted by atomic mass is 10.1. The minimum absolute atomic E-state index is 0.282. The van der Waals surface area contributed by atoms with Gasteiger partial charge in [-0.05, 0) is 48.5 Å². The maximum atomic E-state index is 12.7. The molecule has 0 aliphatic carbocycles. The SMILES string of the molecule is COc1ccccc1NC(=O)c1ccc(NC(=O)c2cccc(-c3noc(C)n3)c2)cc1. The Labute approximate surface area is 184 Å². The molecule has 32 heavy (non-hydrogen) atoms. The third kappa shape index (κ3) is 4.65. The molecule has 1 aromatic heterocycles. The monoisotopic (exact) mass is 428 g/mol. The number of aromatic nitrogens is 2. The van der Waals surface area contributed by atoms with E-state index in [0.717, 1.165) is 0 Å². The molecule has 8 heteroatoms. The Kier molecular flexibility index (Phi) is 5.94. The number of hydrogen-bond acceptors (Lipinski definition) is 6. The van der Waals surface area contributed by atoms with Crippen molar-refractivity contribution in [3.63, 3.8) is 0 Å². The van der Waals surface area contributed by atoms with E-state index in [2.05, 4.69) is 20.8 Å². The van der Waals surface area contributed by atoms with Crippen LogP contribution in [0.25, 0.3) is 11.4 Å². The van der Waals surface area contributed by atoms with Gasteiger partial charge in [-0.2, -0.15) is 4.98 Å². The Morgan fingerprint density at radius 2 is 1.62 bits per heavy atom. The van der Waals surface area contributed by atoms with Crippen LogP contribution in [-0.2, 0) is 0 Å². The third-order valence-electron chi connectivity index (χ3n) is 4.67. The largest absolute Gasteiger partial charge is 0.495 e. The highest BCUT2D eigenvalue weighted by Gasteiger charge is 2.12. The Hall–Kier alpha value is -4.46. The summed E-state index contributed by atoms with van der Waals surface area (Å²) in [5.74, 6) is 0.865. The van der Waals surface area contributed by atoms with Crippen LogP contribution in [0.4, 0.5) is 11.4 Å². The van der Waals surface area contributed by atoms with E-state index in [9.17, 15) is 9.59 Å². The summed E-state index contributed by atoms with van der Waals surface area (Å²) >= 11 is 0. The predicted octanol–water partition coefficient (Wildman–Crippen LogP) is 4.56. The summed E-state index contributed by atoms with van der Waals surface area (Å²) in [6, 6.07) is 20.7. The predicted molar refractivity (Wildman–Crippen MR) is 120 cm³/mol. The molecule has 0 aliphatic rings. The zero-order valence-electron chi connectivity index (χ0n) is 17.5. The van der Waals surface area contributed by atoms with Crippen LogP contribution in [-0.4, -0.2) is 29.1 Å². The molecular formula is C24H20N4O4. The number of aryl methyl sites for hydroxylation is 1. The van der Waals surface area contributed by atoms with Gasteiger partial charge in [0.05, 0.1) is 12.8 Å². The minimum atomic E-state index is -0.293. The van der Waals surface area contributed by atoms with Crippen LogP contribution in [0.5, 0.6) is 5.75 Å². The quantitative estimate of drug-likeness (QED) is 0.466. The first-order chi connectivity index (χ1) is 15.5. The van der Waals surface area contributed by atoms with Gasteiger partial charge in [0.25, 0.3) is 11.8 Å². The van der Waals surface area contributed by atoms with Crippen LogP contribution in [0, 0.1) is 6.92 Å². The number of amides is 2. The second-order valence-corrected chi connectivity index (χ2v) is 6.90. The summed E-state index contributed by atoms with van der Waals surface area (Å²) in [5.41, 5.74) is 2.71. The summed E-state index contributed by atoms with van der Waals surface area (Å²) < 4.78 is 10.2. The van der Waals surface area contributed by atoms with Crippen molar-refractivity contribution in [2.45, 2.75) is 6.92 Å². The highest BCUT2D eigenvalue weighted by atomic mass is 16.5. The summed E-state index contributed by atoms with van der Waals surface area (Å²) in [6.45, 7) is 1.70. The fourth-order valence-corrected chi connectivity index (χ4v) is 3.07. The van der Waals surface area contributed by atoms with E-state index in [-0.39, 0.29) is 11.8 Å². The van der Waals surface area contributed by atoms with Crippen LogP contribution in [0.2, 0.25) is 0 Å². The number of benzene rings is 3. The number of carbonyl (C=O) groups is 2. The maximum Gasteiger partial charge on any atom is 0.255 e. The number of carbonyl (C=O) groups excluding carboxylic acids is 2. The van der Waals surface area contributed by atoms with E-state index in [0.29, 0.717) is 45.5 Å². The lowest BCUT2D eigenvalue weighted by molar-refractivity contribution is 0.101. The average Bonchev–Trinajstić information content (AvgIpc) is 3.26. The molecule has 0 aliphatic heterocycles. The summed E-state index contributed by atoms with van der Waals surface area (Å²) in [6.07, 6.45) is 0. The Bertz CT molecular complexity index is 1270. The number of ether oxygens (including phenoxy) is 1. The fraction of sp³-hybridized carbons (Fsp3) is 0.0833. The molecule has 8 nitrogen and oxygen atoms in total. The Morgan fingerprint density at radius 1 is 0.875 bits per heavy atom. The normalized spacial score (nSPS) is 10.4. The van der Waals surface area contributed by atoms with E-state index in [1.807, 2.05) is 12.1 Å². The molecule has 2 amide bonds. The van der Waals surface area contributed by atoms with E-state index in [1.54, 1.807) is 74.7 Å². The van der Waals surface area contributed by atoms with Crippen molar-refractivity contribution in [2.24, 2.45) is 0 Å². The Morgan fingerprint density at radius 3 is 2.34 bits per heavy atom. The van der Waals surface area contributed by atoms with Crippen LogP contribution in [0.15, 0.2) is 77.3 Å². The van der Waals surface area contributed by atoms with E-state index >= 15 is 0 Å². The number of nitrogens with zero attached hydrogens (tertiary/aromatic N) is 2. The lowest BCUT2D eigenvalue weighted by Crippen LogP contribution is -2.14. The van der Waals surface area contributed by atoms with Gasteiger partial charge < -0.3 is 19.9 Å². The summed E-state index contributed by atoms with van der Waals surface area (Å²) in [4.78, 5) is 29.4. The van der Waals surface area contributed by atoms with Gasteiger partial charge in [-0.3, -0.25) is 9.59 Å². The summed E-state index contributed by atoms with van der Waals surface area (Å²) in [5, 5.41) is 9.51. The zero-order valence-corrected chi connectivity index (χ0v) is 17.5. The highest BCUT2D eigenvalue weighted by molar-refractivity contribution is 6.07. The van der Waals surface area contributed by atoms with Crippen molar-refractivity contribution >= 4 is 23.2 Å². The second-order valence-electron chi connectivity index (χ2n) is 6.90. The Balaban J connectivity index is 1.43. The first-order valence-electron chi connectivity index (χ1n) is 9.80. The van der Waals surface area contributed by atoms with Gasteiger partial charge in [0.2, 0.25) is 11.7 Å². The standard InChI is InChI=1S/C24H20N4O4/c1-15-25-22(28-32-15)17-6-5-7-18(14-17)24(30)26-19-12-10-16(11-13-19)23(29)27-20-8-3-4-9-21(20)31-2/h3-14H,1-2H3,(H,26,30)(H,27,29). The van der Waals surface area contributed by atoms with Crippen molar-refractivity contribution in [1.29, 1.82) is 0 Å². The molecule has 0 bridgehead atoms. The molecule has 1 heterocycles. The van der Waals surface area contributed by atoms with Gasteiger partial charge >= 0.3 is 0 Å². The number of nitrogens with one attached hydrogen (secondary N) is 2. The topological polar surface area (TPSA) is 106 Å². The minimum Gasteiger partial charge on any atom is -0.495 e. The zero-order chi connectivity index (χ0) is 22.5. The fourth-order valence-electron chi connectivity index (χ4n) is 3.07. The van der Waals surface area contributed by atoms with Gasteiger partial charge in [-0.15, -0.1) is 0 Å². The van der Waals surface area contributed by atoms with Gasteiger partial charge in [-0.25, -0.2) is 0 Å². The van der Waals surface area contributed by atoms with Gasteiger partial charge in [0.15, 0.2) is 0 Å². The molecule has 4 aromatic rings. The molecule has 0 radical (unpaired) electrons. The second kappa shape index (κ2) is 9.13. The number of anilines is 2. The molecule has 4 rings (SSSR count). The summed E-state index contributed by atoms with van der Waals surface area (Å²) in [7, 11) is 1.54. The third-order valence-corrected chi connectivity index (χ3v) is 4.67. The van der Waals surface area contributed by atoms with Crippen LogP contribution in [0.3, 0.4) is 0 Å². The number of methoxy groups -OCH3 is 1. The molecule has 0 spiro atoms. The molecule has 0 saturated carbocycles. The molecule has 0 atom stereocenters. The van der Waals surface area contributed by atoms with Gasteiger partial charge in [0, 0.05) is 29.3 Å². The first-order valence-corrected chi connectivity index (χ1v) is 9.80. The highest BCUT2D eigenvalue weighted by Crippen LogP contribution is 2.24. The first kappa shape index (κ1) is 20.8. The molecular weight excluding hydrogens is 408 g/mol. The van der Waals surface area contributed by atoms with Crippen LogP contribution in [0.1, 0.15) is 26.6 Å². The molecule has 0 fully saturated rings. The lowest BCUT2D eigenvalue weighted by Gasteiger charge is -2.10. The van der Waals surface area contributed by atoms with Crippen molar-refractivity contribution in [3.05, 3.63) is 89.8 Å². The van der Waals surface area contributed by atoms with Crippen molar-refractivity contribution < 1.29 is 18.8 Å². The van der Waals surface area contributed by atoms with E-state index in [4.69, 9.17) is 9.26 Å². The van der Waals surface area contributed by atoms with Crippen molar-refractivity contribution in [1.82, 2.24) is 10.1 Å². The molecule has 160 valence electrons. The maximum absolute atomic E-state index is 12.7. The molecule has 0 unspecified atom stereocenters. The van der Waals surface area contributed by atoms with Crippen molar-refractivity contribution in [2.75, 3.05) is 17.7 Å². The van der Waals surface area contributed by atoms with E-state index < -0.39 is 0 Å². The smallest absolute Gasteiger partial charge is 0.255 e. The van der Waals surface area contributed by atoms with Crippen LogP contribution < -0.4 is 15.4 Å². The van der Waals surface area contributed by atoms with Crippen molar-refractivity contribution in [3.8, 4) is 17.1 Å². The number of rotatable bonds is 6. The molecule has 3 aromatic carbocycles. The number of hydrogen-bond donors (Lipinski definition) is 2. The average molecular weight is 428 g/mol. The van der Waals surface area contributed by atoms with Crippen LogP contribution >= 0.6 is 0 Å². The number of para-hydroxylation sites is 2. The molecule has 0 saturated heterocycles. The molecule has 2 N–H and O–H groups in total. The van der Waals surface area contributed by atoms with Gasteiger partial charge in [0.1, 0.15) is 5.75 Å².